The number of hydrogen-bond donors (Lipinski definition) is 2. The molecule has 0 fully saturated rings. The molecule has 6 heteroatoms. The minimum atomic E-state index is -0.575. The number of furan rings is 1. The summed E-state index contributed by atoms with van der Waals surface area (Å²) in [7, 11) is 0. The third kappa shape index (κ3) is 4.49. The van der Waals surface area contributed by atoms with E-state index < -0.39 is 6.04 Å². The zero-order chi connectivity index (χ0) is 18.4. The smallest absolute Gasteiger partial charge is 0.287 e. The zero-order valence-electron chi connectivity index (χ0n) is 14.9. The Morgan fingerprint density at radius 2 is 2.12 bits per heavy atom. The summed E-state index contributed by atoms with van der Waals surface area (Å²) >= 11 is 1.65. The van der Waals surface area contributed by atoms with Crippen molar-refractivity contribution < 1.29 is 14.0 Å². The van der Waals surface area contributed by atoms with Gasteiger partial charge in [0.05, 0.1) is 12.3 Å². The van der Waals surface area contributed by atoms with E-state index in [1.54, 1.807) is 23.9 Å². The van der Waals surface area contributed by atoms with E-state index in [0.29, 0.717) is 6.42 Å². The van der Waals surface area contributed by atoms with Crippen LogP contribution in [0.3, 0.4) is 0 Å². The number of carbonyl (C=O) groups is 2. The number of rotatable bonds is 7. The molecular formula is C20H24N2O3S. The Balaban J connectivity index is 1.69. The molecule has 138 valence electrons. The van der Waals surface area contributed by atoms with E-state index in [1.807, 2.05) is 18.4 Å². The summed E-state index contributed by atoms with van der Waals surface area (Å²) in [4.78, 5) is 25.1. The molecule has 2 N–H and O–H groups in total. The van der Waals surface area contributed by atoms with Gasteiger partial charge in [-0.25, -0.2) is 0 Å². The second kappa shape index (κ2) is 8.94. The summed E-state index contributed by atoms with van der Waals surface area (Å²) in [5.41, 5.74) is 2.48. The second-order valence-electron chi connectivity index (χ2n) is 6.44. The molecule has 1 heterocycles. The number of aryl methyl sites for hydroxylation is 1. The van der Waals surface area contributed by atoms with Gasteiger partial charge in [-0.15, -0.1) is 0 Å². The molecule has 0 bridgehead atoms. The number of fused-ring (bicyclic) bond motifs is 1. The van der Waals surface area contributed by atoms with Crippen LogP contribution in [0.25, 0.3) is 0 Å². The van der Waals surface area contributed by atoms with Crippen molar-refractivity contribution in [1.29, 1.82) is 0 Å². The average Bonchev–Trinajstić information content (AvgIpc) is 3.20. The molecule has 2 unspecified atom stereocenters. The van der Waals surface area contributed by atoms with E-state index in [9.17, 15) is 9.59 Å². The van der Waals surface area contributed by atoms with E-state index in [4.69, 9.17) is 4.42 Å². The van der Waals surface area contributed by atoms with Gasteiger partial charge in [0, 0.05) is 0 Å². The second-order valence-corrected chi connectivity index (χ2v) is 7.42. The molecule has 2 aromatic rings. The van der Waals surface area contributed by atoms with Crippen LogP contribution >= 0.6 is 11.8 Å². The van der Waals surface area contributed by atoms with Crippen LogP contribution in [0.4, 0.5) is 0 Å². The van der Waals surface area contributed by atoms with Crippen LogP contribution in [0.2, 0.25) is 0 Å². The maximum atomic E-state index is 12.9. The summed E-state index contributed by atoms with van der Waals surface area (Å²) in [6.45, 7) is 0. The predicted molar refractivity (Wildman–Crippen MR) is 103 cm³/mol. The monoisotopic (exact) mass is 372 g/mol. The molecule has 5 nitrogen and oxygen atoms in total. The van der Waals surface area contributed by atoms with Crippen molar-refractivity contribution in [2.75, 3.05) is 12.0 Å². The Bertz CT molecular complexity index is 745. The Morgan fingerprint density at radius 1 is 1.27 bits per heavy atom. The fraction of sp³-hybridized carbons (Fsp3) is 0.400. The molecule has 0 saturated carbocycles. The van der Waals surface area contributed by atoms with Crippen molar-refractivity contribution in [2.24, 2.45) is 0 Å². The van der Waals surface area contributed by atoms with Crippen LogP contribution in [0.5, 0.6) is 0 Å². The first-order valence-electron chi connectivity index (χ1n) is 8.90. The van der Waals surface area contributed by atoms with Gasteiger partial charge in [0.1, 0.15) is 6.04 Å². The number of amides is 2. The Kier molecular flexibility index (Phi) is 6.39. The minimum Gasteiger partial charge on any atom is -0.459 e. The van der Waals surface area contributed by atoms with Gasteiger partial charge in [-0.2, -0.15) is 11.8 Å². The highest BCUT2D eigenvalue weighted by Crippen LogP contribution is 2.29. The number of thioether (sulfide) groups is 1. The van der Waals surface area contributed by atoms with Gasteiger partial charge in [0.25, 0.3) is 5.91 Å². The maximum Gasteiger partial charge on any atom is 0.287 e. The highest BCUT2D eigenvalue weighted by atomic mass is 32.2. The van der Waals surface area contributed by atoms with Crippen molar-refractivity contribution in [2.45, 2.75) is 37.8 Å². The lowest BCUT2D eigenvalue weighted by atomic mass is 9.87. The Labute approximate surface area is 157 Å². The van der Waals surface area contributed by atoms with Gasteiger partial charge in [0.2, 0.25) is 5.91 Å². The largest absolute Gasteiger partial charge is 0.459 e. The first kappa shape index (κ1) is 18.6. The molecule has 1 aromatic carbocycles. The number of carbonyl (C=O) groups excluding carboxylic acids is 2. The highest BCUT2D eigenvalue weighted by Gasteiger charge is 2.27. The number of nitrogens with one attached hydrogen (secondary N) is 2. The highest BCUT2D eigenvalue weighted by molar-refractivity contribution is 7.98. The van der Waals surface area contributed by atoms with E-state index in [-0.39, 0.29) is 23.6 Å². The lowest BCUT2D eigenvalue weighted by Gasteiger charge is -2.28. The van der Waals surface area contributed by atoms with Gasteiger partial charge in [-0.3, -0.25) is 9.59 Å². The fourth-order valence-corrected chi connectivity index (χ4v) is 3.79. The van der Waals surface area contributed by atoms with Crippen LogP contribution in [0.1, 0.15) is 47.0 Å². The molecule has 0 spiro atoms. The summed E-state index contributed by atoms with van der Waals surface area (Å²) < 4.78 is 5.13. The van der Waals surface area contributed by atoms with Crippen molar-refractivity contribution in [3.8, 4) is 0 Å². The molecule has 0 aliphatic heterocycles. The zero-order valence-corrected chi connectivity index (χ0v) is 15.7. The standard InChI is InChI=1S/C20H24N2O3S/c1-26-13-11-17(22-20(24)18-10-5-12-25-18)19(23)21-16-9-4-7-14-6-2-3-8-15(14)16/h2-3,5-6,8,10,12,16-17H,4,7,9,11,13H2,1H3,(H,21,23)(H,22,24). The Morgan fingerprint density at radius 3 is 2.88 bits per heavy atom. The summed E-state index contributed by atoms with van der Waals surface area (Å²) in [6.07, 6.45) is 7.04. The Hall–Kier alpha value is -2.21. The topological polar surface area (TPSA) is 71.3 Å². The summed E-state index contributed by atoms with van der Waals surface area (Å²) in [5, 5.41) is 5.95. The molecule has 1 aromatic heterocycles. The predicted octanol–water partition coefficient (Wildman–Crippen LogP) is 3.32. The third-order valence-electron chi connectivity index (χ3n) is 4.66. The van der Waals surface area contributed by atoms with E-state index in [0.717, 1.165) is 25.0 Å². The molecule has 2 atom stereocenters. The molecule has 1 aliphatic carbocycles. The molecular weight excluding hydrogens is 348 g/mol. The first-order chi connectivity index (χ1) is 12.7. The van der Waals surface area contributed by atoms with E-state index in [2.05, 4.69) is 22.8 Å². The average molecular weight is 372 g/mol. The molecule has 1 aliphatic rings. The fourth-order valence-electron chi connectivity index (χ4n) is 3.32. The van der Waals surface area contributed by atoms with Crippen LogP contribution in [0.15, 0.2) is 47.1 Å². The van der Waals surface area contributed by atoms with Crippen LogP contribution in [0, 0.1) is 0 Å². The van der Waals surface area contributed by atoms with Gasteiger partial charge >= 0.3 is 0 Å². The van der Waals surface area contributed by atoms with E-state index in [1.165, 1.54) is 17.4 Å². The van der Waals surface area contributed by atoms with Gasteiger partial charge in [-0.1, -0.05) is 24.3 Å². The third-order valence-corrected chi connectivity index (χ3v) is 5.31. The molecule has 2 amide bonds. The lowest BCUT2D eigenvalue weighted by Crippen LogP contribution is -2.48. The maximum absolute atomic E-state index is 12.9. The number of benzene rings is 1. The first-order valence-corrected chi connectivity index (χ1v) is 10.3. The van der Waals surface area contributed by atoms with Crippen molar-refractivity contribution in [3.63, 3.8) is 0 Å². The molecule has 0 saturated heterocycles. The van der Waals surface area contributed by atoms with Gasteiger partial charge in [-0.05, 0) is 61.0 Å². The van der Waals surface area contributed by atoms with Crippen LogP contribution in [-0.2, 0) is 11.2 Å². The quantitative estimate of drug-likeness (QED) is 0.782. The summed E-state index contributed by atoms with van der Waals surface area (Å²) in [6, 6.07) is 10.9. The van der Waals surface area contributed by atoms with Crippen LogP contribution < -0.4 is 10.6 Å². The molecule has 26 heavy (non-hydrogen) atoms. The van der Waals surface area contributed by atoms with Crippen molar-refractivity contribution in [3.05, 3.63) is 59.5 Å². The normalized spacial score (nSPS) is 17.2. The SMILES string of the molecule is CSCCC(NC(=O)c1ccco1)C(=O)NC1CCCc2ccccc21. The minimum absolute atomic E-state index is 0.00439. The lowest BCUT2D eigenvalue weighted by molar-refractivity contribution is -0.123. The van der Waals surface area contributed by atoms with Crippen molar-refractivity contribution >= 4 is 23.6 Å². The van der Waals surface area contributed by atoms with E-state index >= 15 is 0 Å². The van der Waals surface area contributed by atoms with Gasteiger partial charge < -0.3 is 15.1 Å². The summed E-state index contributed by atoms with van der Waals surface area (Å²) in [5.74, 6) is 0.508. The van der Waals surface area contributed by atoms with Gasteiger partial charge in [0.15, 0.2) is 5.76 Å². The van der Waals surface area contributed by atoms with Crippen LogP contribution in [-0.4, -0.2) is 29.9 Å². The van der Waals surface area contributed by atoms with Crippen molar-refractivity contribution in [1.82, 2.24) is 10.6 Å². The number of hydrogen-bond acceptors (Lipinski definition) is 4. The molecule has 0 radical (unpaired) electrons. The molecule has 3 rings (SSSR count).